The van der Waals surface area contributed by atoms with Gasteiger partial charge < -0.3 is 9.47 Å². The second-order valence-electron chi connectivity index (χ2n) is 31.1. The van der Waals surface area contributed by atoms with E-state index >= 15 is 0 Å². The number of aromatic nitrogens is 13. The van der Waals surface area contributed by atoms with Crippen LogP contribution in [0.3, 0.4) is 0 Å². The number of hydrogen-bond donors (Lipinski definition) is 0. The summed E-state index contributed by atoms with van der Waals surface area (Å²) in [5.74, 6) is 6.14. The molecule has 19 rings (SSSR count). The number of thioether (sulfide) groups is 7. The Balaban J connectivity index is 0.000000136. The number of rotatable bonds is 30. The zero-order chi connectivity index (χ0) is 101. The van der Waals surface area contributed by atoms with Crippen LogP contribution >= 0.6 is 168 Å². The first-order chi connectivity index (χ1) is 70.2. The summed E-state index contributed by atoms with van der Waals surface area (Å²) < 4.78 is 20.0. The Bertz CT molecular complexity index is 7870. The fourth-order valence-electron chi connectivity index (χ4n) is 13.7. The van der Waals surface area contributed by atoms with E-state index in [0.717, 1.165) is 81.1 Å². The van der Waals surface area contributed by atoms with Gasteiger partial charge in [0.15, 0.2) is 5.75 Å². The normalized spacial score (nSPS) is 10.8. The van der Waals surface area contributed by atoms with Crippen LogP contribution in [-0.4, -0.2) is 71.0 Å². The number of halogens is 7. The van der Waals surface area contributed by atoms with E-state index in [4.69, 9.17) is 79.1 Å². The summed E-state index contributed by atoms with van der Waals surface area (Å²) in [4.78, 5) is 70.9. The summed E-state index contributed by atoms with van der Waals surface area (Å²) in [5, 5.41) is 33.4. The van der Waals surface area contributed by atoms with Crippen LogP contribution in [0.1, 0.15) is 50.2 Å². The Morgan fingerprint density at radius 2 is 0.597 bits per heavy atom. The molecule has 0 amide bonds. The molecule has 0 fully saturated rings. The van der Waals surface area contributed by atoms with Gasteiger partial charge in [0.2, 0.25) is 0 Å². The molecule has 19 aromatic rings. The van der Waals surface area contributed by atoms with Gasteiger partial charge in [0.25, 0.3) is 33.7 Å². The number of methoxy groups -OCH3 is 1. The van der Waals surface area contributed by atoms with Crippen molar-refractivity contribution >= 4 is 168 Å². The average molecular weight is 2220 g/mol. The Morgan fingerprint density at radius 3 is 0.965 bits per heavy atom. The quantitative estimate of drug-likeness (QED) is 0.0382. The molecule has 0 atom stereocenters. The van der Waals surface area contributed by atoms with Gasteiger partial charge in [0.1, 0.15) is 26.5 Å². The molecule has 20 nitrogen and oxygen atoms in total. The van der Waals surface area contributed by atoms with Crippen LogP contribution in [0.15, 0.2) is 446 Å². The summed E-state index contributed by atoms with van der Waals surface area (Å²) in [5.41, 5.74) is 12.6. The topological polar surface area (TPSA) is 224 Å². The Morgan fingerprint density at radius 1 is 0.299 bits per heavy atom. The van der Waals surface area contributed by atoms with Crippen LogP contribution in [-0.2, 0) is 40.3 Å². The summed E-state index contributed by atoms with van der Waals surface area (Å²) in [6.45, 7) is 3.83. The maximum Gasteiger partial charge on any atom is 0.288 e. The largest absolute Gasteiger partial charge is 0.494 e. The fourth-order valence-corrected chi connectivity index (χ4v) is 23.3. The average Bonchev–Trinajstić information content (AvgIpc) is 1.69. The minimum absolute atomic E-state index is 0.0698. The molecule has 0 aliphatic heterocycles. The van der Waals surface area contributed by atoms with Crippen LogP contribution in [0, 0.1) is 13.8 Å². The lowest BCUT2D eigenvalue weighted by atomic mass is 10.2. The highest BCUT2D eigenvalue weighted by Crippen LogP contribution is 2.40. The van der Waals surface area contributed by atoms with E-state index in [1.165, 1.54) is 92.7 Å². The molecule has 0 bridgehead atoms. The third-order valence-electron chi connectivity index (χ3n) is 21.1. The number of para-hydroxylation sites is 5. The number of aryl methyl sites for hydroxylation is 1. The Hall–Kier alpha value is -12.3. The van der Waals surface area contributed by atoms with E-state index < -0.39 is 0 Å². The van der Waals surface area contributed by atoms with Gasteiger partial charge in [-0.1, -0.05) is 323 Å². The van der Waals surface area contributed by atoms with Crippen molar-refractivity contribution in [3.63, 3.8) is 0 Å². The molecule has 0 spiro atoms. The first-order valence-electron chi connectivity index (χ1n) is 44.3. The number of benzene rings is 13. The van der Waals surface area contributed by atoms with E-state index in [0.29, 0.717) is 107 Å². The summed E-state index contributed by atoms with van der Waals surface area (Å²) >= 11 is 51.0. The second kappa shape index (κ2) is 53.5. The standard InChI is InChI=1S/C25H22N2OS2.C24H16Cl4N2OS2.C24H20N2OS2.C19H14BrN5O2.C18H14Cl2N2O2S/c1-19-9-8-14-22(15-19)27-25(28)24(30-18-21-12-6-3-7-13-21)23(16-26-27)29-17-20-10-4-2-5-11-20;25-17-8-6-15(20(27)10-17)13-32-22-12-29-30(19-4-2-1-3-5-19)24(31)23(22)33-14-16-7-9-18(26)11-21(16)28;27-24-23(29-18-20-12-6-2-7-13-20)22(28-17-19-10-4-1-5-11-19)16-25-26(24)21-14-8-3-9-15-21;1-13-18(27-15-10-6-3-7-11-15)22-23-24(13)16-12-21-25(19(26)17(16)20)14-8-4-2-5-9-14;1-24-16-10-21-22(14-5-3-2-4-6-14)18(23)17(16)25-11-12-7-8-13(19)9-15(12)20/h2-16H,17-18H2,1H3;1-12H,13-14H2;1-16H,17-18H2;2-12H,1H3;2-10H,11H2,1H3. The van der Waals surface area contributed by atoms with Crippen LogP contribution in [0.5, 0.6) is 17.4 Å². The lowest BCUT2D eigenvalue weighted by Gasteiger charge is -2.13. The third kappa shape index (κ3) is 29.1. The molecule has 0 saturated carbocycles. The zero-order valence-electron chi connectivity index (χ0n) is 77.0. The van der Waals surface area contributed by atoms with E-state index in [9.17, 15) is 24.0 Å². The third-order valence-corrected chi connectivity index (χ3v) is 31.9. The molecule has 0 aliphatic rings. The first-order valence-corrected chi connectivity index (χ1v) is 54.3. The maximum absolute atomic E-state index is 13.4. The van der Waals surface area contributed by atoms with Gasteiger partial charge in [0.05, 0.1) is 81.2 Å². The molecule has 0 unspecified atom stereocenters. The van der Waals surface area contributed by atoms with Crippen molar-refractivity contribution < 1.29 is 9.47 Å². The number of hydrogen-bond acceptors (Lipinski definition) is 21. The molecule has 0 N–H and O–H groups in total. The Labute approximate surface area is 899 Å². The smallest absolute Gasteiger partial charge is 0.288 e. The maximum atomic E-state index is 13.4. The minimum atomic E-state index is -0.292. The van der Waals surface area contributed by atoms with Crippen LogP contribution in [0.25, 0.3) is 34.1 Å². The number of nitrogens with zero attached hydrogens (tertiary/aromatic N) is 13. The van der Waals surface area contributed by atoms with Gasteiger partial charge in [-0.3, -0.25) is 24.0 Å². The van der Waals surface area contributed by atoms with Gasteiger partial charge in [0, 0.05) is 85.1 Å². The van der Waals surface area contributed by atoms with Crippen molar-refractivity contribution in [2.75, 3.05) is 7.11 Å². The van der Waals surface area contributed by atoms with Gasteiger partial charge in [-0.25, -0.2) is 4.68 Å². The van der Waals surface area contributed by atoms with Gasteiger partial charge in [-0.15, -0.1) is 82.3 Å². The second-order valence-corrected chi connectivity index (χ2v) is 41.5. The molecule has 6 aromatic heterocycles. The lowest BCUT2D eigenvalue weighted by Crippen LogP contribution is -2.23. The van der Waals surface area contributed by atoms with Crippen molar-refractivity contribution in [3.05, 3.63) is 519 Å². The van der Waals surface area contributed by atoms with E-state index in [1.807, 2.05) is 293 Å². The van der Waals surface area contributed by atoms with E-state index in [1.54, 1.807) is 102 Å². The van der Waals surface area contributed by atoms with Crippen LogP contribution in [0.2, 0.25) is 30.1 Å². The summed E-state index contributed by atoms with van der Waals surface area (Å²) in [6.07, 6.45) is 8.46. The molecule has 6 heterocycles. The zero-order valence-corrected chi connectivity index (χ0v) is 88.8. The molecule has 0 radical (unpaired) electrons. The summed E-state index contributed by atoms with van der Waals surface area (Å²) in [6, 6.07) is 112. The highest BCUT2D eigenvalue weighted by atomic mass is 79.9. The van der Waals surface area contributed by atoms with Gasteiger partial charge in [-0.2, -0.15) is 48.9 Å². The van der Waals surface area contributed by atoms with Gasteiger partial charge >= 0.3 is 0 Å². The van der Waals surface area contributed by atoms with Crippen molar-refractivity contribution in [1.82, 2.24) is 63.9 Å². The molecule has 0 aliphatic carbocycles. The van der Waals surface area contributed by atoms with Crippen LogP contribution < -0.4 is 37.3 Å². The van der Waals surface area contributed by atoms with Gasteiger partial charge in [-0.05, 0) is 183 Å². The monoisotopic (exact) mass is 2210 g/mol. The predicted octanol–water partition coefficient (Wildman–Crippen LogP) is 28.9. The lowest BCUT2D eigenvalue weighted by molar-refractivity contribution is 0.397. The SMILES string of the molecule is COc1cnn(-c2ccccc2)c(=O)c1SCc1ccc(Cl)cc1Cl.Cc1c(Oc2ccccc2)nnn1-c1cnn(-c2ccccc2)c(=O)c1Br.Cc1cccc(-n2ncc(SCc3ccccc3)c(SCc3ccccc3)c2=O)c1.O=c1c(SCc2ccc(Cl)cc2Cl)c(SCc2ccc(Cl)cc2Cl)cnn1-c1ccccc1.O=c1c(SCc2ccccc2)c(SCc2ccccc2)cnn1-c1ccccc1. The fraction of sp³-hybridized carbons (Fsp3) is 0.0909. The molecule has 724 valence electrons. The molecular formula is C110H86BrCl6N13O7S7. The van der Waals surface area contributed by atoms with E-state index in [2.05, 4.69) is 100 Å². The molecule has 13 aromatic carbocycles. The van der Waals surface area contributed by atoms with Crippen molar-refractivity contribution in [2.45, 2.75) is 88.4 Å². The van der Waals surface area contributed by atoms with Crippen molar-refractivity contribution in [2.24, 2.45) is 0 Å². The summed E-state index contributed by atoms with van der Waals surface area (Å²) in [7, 11) is 1.52. The minimum Gasteiger partial charge on any atom is -0.494 e. The highest BCUT2D eigenvalue weighted by Gasteiger charge is 2.24. The predicted molar refractivity (Wildman–Crippen MR) is 596 cm³/mol. The first kappa shape index (κ1) is 106. The van der Waals surface area contributed by atoms with E-state index in [-0.39, 0.29) is 27.8 Å². The highest BCUT2D eigenvalue weighted by molar-refractivity contribution is 9.10. The molecular weight excluding hydrogens is 2130 g/mol. The Kier molecular flexibility index (Phi) is 39.4. The van der Waals surface area contributed by atoms with Crippen LogP contribution in [0.4, 0.5) is 0 Å². The van der Waals surface area contributed by atoms with Crippen molar-refractivity contribution in [1.29, 1.82) is 0 Å². The molecule has 0 saturated heterocycles. The molecule has 144 heavy (non-hydrogen) atoms. The van der Waals surface area contributed by atoms with Crippen molar-refractivity contribution in [3.8, 4) is 51.5 Å². The molecule has 34 heteroatoms. The number of ether oxygens (including phenoxy) is 2.